The van der Waals surface area contributed by atoms with Crippen molar-refractivity contribution >= 4 is 121 Å². The van der Waals surface area contributed by atoms with E-state index < -0.39 is 0 Å². The zero-order valence-corrected chi connectivity index (χ0v) is 70.2. The molecule has 15 aromatic carbocycles. The van der Waals surface area contributed by atoms with Gasteiger partial charge in [-0.2, -0.15) is 0 Å². The van der Waals surface area contributed by atoms with Crippen LogP contribution in [-0.2, 0) is 43.3 Å². The molecule has 0 atom stereocenters. The molecule has 0 bridgehead atoms. The Bertz CT molecular complexity index is 5970. The molecule has 15 aromatic rings. The summed E-state index contributed by atoms with van der Waals surface area (Å²) in [5.74, 6) is 0. The van der Waals surface area contributed by atoms with Crippen LogP contribution in [0.2, 0.25) is 0 Å². The van der Waals surface area contributed by atoms with Crippen LogP contribution >= 0.6 is 0 Å². The van der Waals surface area contributed by atoms with E-state index in [4.69, 9.17) is 0 Å². The van der Waals surface area contributed by atoms with Crippen molar-refractivity contribution in [3.05, 3.63) is 324 Å². The molecule has 0 N–H and O–H groups in total. The minimum absolute atomic E-state index is 0.0195. The molecule has 0 amide bonds. The van der Waals surface area contributed by atoms with Crippen molar-refractivity contribution in [1.82, 2.24) is 0 Å². The third-order valence-corrected chi connectivity index (χ3v) is 30.0. The fourth-order valence-electron chi connectivity index (χ4n) is 21.3. The fourth-order valence-corrected chi connectivity index (χ4v) is 21.3. The van der Waals surface area contributed by atoms with Gasteiger partial charge in [-0.05, 0) is 178 Å². The molecule has 0 aliphatic carbocycles. The normalized spacial score (nSPS) is 17.2. The Labute approximate surface area is 667 Å². The summed E-state index contributed by atoms with van der Waals surface area (Å²) < 4.78 is 0. The predicted octanol–water partition coefficient (Wildman–Crippen LogP) is 29.7. The summed E-state index contributed by atoms with van der Waals surface area (Å²) in [6.45, 7) is 38.4. The maximum atomic E-state index is 2.50. The Kier molecular flexibility index (Phi) is 18.6. The van der Waals surface area contributed by atoms with E-state index in [1.807, 2.05) is 0 Å². The molecule has 19 rings (SSSR count). The highest BCUT2D eigenvalue weighted by Gasteiger charge is 2.54. The van der Waals surface area contributed by atoms with Crippen molar-refractivity contribution in [2.45, 2.75) is 180 Å². The largest absolute Gasteiger partial charge is 0.344 e. The van der Waals surface area contributed by atoms with Crippen LogP contribution < -0.4 is 19.6 Å². The highest BCUT2D eigenvalue weighted by molar-refractivity contribution is 6.06. The van der Waals surface area contributed by atoms with Gasteiger partial charge in [0, 0.05) is 116 Å². The van der Waals surface area contributed by atoms with Gasteiger partial charge in [0.2, 0.25) is 0 Å². The Morgan fingerprint density at radius 3 is 0.857 bits per heavy atom. The first-order chi connectivity index (χ1) is 53.6. The number of hydrogen-bond donors (Lipinski definition) is 0. The number of benzene rings is 15. The van der Waals surface area contributed by atoms with Gasteiger partial charge in [-0.1, -0.05) is 341 Å². The molecule has 4 heterocycles. The van der Waals surface area contributed by atoms with Crippen LogP contribution in [0.25, 0.3) is 75.4 Å². The topological polar surface area (TPSA) is 13.0 Å². The van der Waals surface area contributed by atoms with Gasteiger partial charge >= 0.3 is 0 Å². The Balaban J connectivity index is 0.000000113. The van der Waals surface area contributed by atoms with E-state index in [9.17, 15) is 0 Å². The molecule has 0 saturated carbocycles. The average molecular weight is 1470 g/mol. The molecule has 0 unspecified atom stereocenters. The molecule has 0 aromatic heterocycles. The second-order valence-corrected chi connectivity index (χ2v) is 36.0. The summed E-state index contributed by atoms with van der Waals surface area (Å²) in [4.78, 5) is 9.73. The minimum atomic E-state index is -0.0365. The summed E-state index contributed by atoms with van der Waals surface area (Å²) in [5.41, 5.74) is 22.4. The van der Waals surface area contributed by atoms with Crippen LogP contribution in [0.3, 0.4) is 0 Å². The third kappa shape index (κ3) is 11.2. The van der Waals surface area contributed by atoms with Gasteiger partial charge in [0.25, 0.3) is 0 Å². The molecule has 4 aliphatic heterocycles. The number of fused-ring (bicyclic) bond motifs is 19. The smallest absolute Gasteiger partial charge is 0.0526 e. The molecule has 0 saturated heterocycles. The number of hydrogen-bond acceptors (Lipinski definition) is 4. The Morgan fingerprint density at radius 1 is 0.196 bits per heavy atom. The maximum Gasteiger partial charge on any atom is 0.0526 e. The van der Waals surface area contributed by atoms with Crippen molar-refractivity contribution in [3.8, 4) is 0 Å². The van der Waals surface area contributed by atoms with E-state index in [0.29, 0.717) is 0 Å². The molecule has 4 nitrogen and oxygen atoms in total. The molecule has 0 spiro atoms. The number of anilines is 8. The van der Waals surface area contributed by atoms with Crippen molar-refractivity contribution < 1.29 is 0 Å². The van der Waals surface area contributed by atoms with Gasteiger partial charge in [0.05, 0.1) is 17.1 Å². The first-order valence-electron chi connectivity index (χ1n) is 41.3. The molecule has 0 fully saturated rings. The lowest BCUT2D eigenvalue weighted by Gasteiger charge is -2.50. The molecule has 4 heteroatoms. The van der Waals surface area contributed by atoms with Gasteiger partial charge in [0.15, 0.2) is 0 Å². The first kappa shape index (κ1) is 75.4. The lowest BCUT2D eigenvalue weighted by atomic mass is 9.52. The summed E-state index contributed by atoms with van der Waals surface area (Å²) in [7, 11) is 8.95. The number of nitrogens with zero attached hydrogens (tertiary/aromatic N) is 4. The zero-order chi connectivity index (χ0) is 79.0. The van der Waals surface area contributed by atoms with Crippen LogP contribution in [-0.4, -0.2) is 28.2 Å². The Hall–Kier alpha value is -10.7. The molecule has 4 aliphatic rings. The van der Waals surface area contributed by atoms with Crippen molar-refractivity contribution in [1.29, 1.82) is 0 Å². The van der Waals surface area contributed by atoms with Gasteiger partial charge in [-0.25, -0.2) is 0 Å². The third-order valence-electron chi connectivity index (χ3n) is 30.0. The van der Waals surface area contributed by atoms with Gasteiger partial charge in [-0.3, -0.25) is 0 Å². The lowest BCUT2D eigenvalue weighted by Crippen LogP contribution is -2.47. The van der Waals surface area contributed by atoms with Crippen molar-refractivity contribution in [2.24, 2.45) is 0 Å². The van der Waals surface area contributed by atoms with E-state index in [2.05, 4.69) is 438 Å². The van der Waals surface area contributed by atoms with Crippen LogP contribution in [0, 0.1) is 0 Å². The predicted molar refractivity (Wildman–Crippen MR) is 489 cm³/mol. The average Bonchev–Trinajstić information content (AvgIpc) is 1.54. The zero-order valence-electron chi connectivity index (χ0n) is 70.2. The summed E-state index contributed by atoms with van der Waals surface area (Å²) in [5, 5.41) is 18.5. The van der Waals surface area contributed by atoms with Crippen LogP contribution in [0.4, 0.5) is 45.5 Å². The highest BCUT2D eigenvalue weighted by atomic mass is 15.1. The molecule has 566 valence electrons. The van der Waals surface area contributed by atoms with Gasteiger partial charge < -0.3 is 19.6 Å². The second kappa shape index (κ2) is 27.6. The molecule has 112 heavy (non-hydrogen) atoms. The van der Waals surface area contributed by atoms with E-state index in [-0.39, 0.29) is 43.3 Å². The summed E-state index contributed by atoms with van der Waals surface area (Å²) in [6, 6.07) is 103. The van der Waals surface area contributed by atoms with E-state index >= 15 is 0 Å². The summed E-state index contributed by atoms with van der Waals surface area (Å²) in [6.07, 6.45) is 4.61. The fraction of sp³-hybridized carbons (Fsp3) is 0.296. The maximum absolute atomic E-state index is 2.50. The standard InChI is InChI=1S/3C27H27N.C27H33N/c1-26(2)22-14-18-10-6-8-12-20(18)16-24(22)28(5)25-17-21-13-9-7-11-19(21)15-23(25)27(26,3)4;1-26(2)22-16-14-19-11-7-9-13-21(19)25(22)28(5)23-17-15-18-10-6-8-12-20(18)24(23)27(26,3)4;1-26(2)22-16-14-18-10-6-8-12-20(18)24(22)28(5)25-21-13-9-7-11-19(21)15-17-23(25)27(26,3)4;1-6-26(7-2)22-16-12-13-17-24(22)28(5)25-19-21-15-11-10-14-20(21)18-23(25)27(26,8-3)9-4/h3*6-17H,1-5H3;10-19H,6-9H2,1-5H3. The lowest BCUT2D eigenvalue weighted by molar-refractivity contribution is 0.180. The Morgan fingerprint density at radius 2 is 0.464 bits per heavy atom. The molecule has 0 radical (unpaired) electrons. The van der Waals surface area contributed by atoms with Crippen molar-refractivity contribution in [3.63, 3.8) is 0 Å². The molecular formula is C108H114N4. The van der Waals surface area contributed by atoms with Crippen LogP contribution in [0.5, 0.6) is 0 Å². The minimum Gasteiger partial charge on any atom is -0.344 e. The van der Waals surface area contributed by atoms with E-state index in [1.165, 1.54) is 165 Å². The van der Waals surface area contributed by atoms with Gasteiger partial charge in [0.1, 0.15) is 0 Å². The summed E-state index contributed by atoms with van der Waals surface area (Å²) >= 11 is 0. The van der Waals surface area contributed by atoms with E-state index in [1.54, 1.807) is 0 Å². The van der Waals surface area contributed by atoms with Gasteiger partial charge in [-0.15, -0.1) is 0 Å². The highest BCUT2D eigenvalue weighted by Crippen LogP contribution is 2.63. The van der Waals surface area contributed by atoms with Crippen molar-refractivity contribution in [2.75, 3.05) is 47.8 Å². The second-order valence-electron chi connectivity index (χ2n) is 36.0. The van der Waals surface area contributed by atoms with Crippen LogP contribution in [0.1, 0.15) is 181 Å². The molecular weight excluding hydrogens is 1350 g/mol. The number of para-hydroxylation sites is 1. The number of rotatable bonds is 4. The SMILES string of the molecule is CCC1(CC)c2ccccc2N(C)c2cc3ccccc3cc2C1(CC)CC.CN1c2c(ccc3ccccc23)C(C)(C)C(C)(C)c2ccc3ccccc3c21.CN1c2cc3ccccc3cc2C(C)(C)C(C)(C)c2cc3ccccc3cc21.CN1c2ccc3ccccc3c2C(C)(C)C(C)(C)c2ccc3ccccc3c21. The van der Waals surface area contributed by atoms with Crippen LogP contribution in [0.15, 0.2) is 279 Å². The first-order valence-corrected chi connectivity index (χ1v) is 41.3. The quantitative estimate of drug-likeness (QED) is 0.174. The van der Waals surface area contributed by atoms with E-state index in [0.717, 1.165) is 25.7 Å². The monoisotopic (exact) mass is 1470 g/mol.